The smallest absolute Gasteiger partial charge is 0.324 e. The molecule has 3 unspecified atom stereocenters. The molecule has 0 aromatic heterocycles. The van der Waals surface area contributed by atoms with Crippen LogP contribution < -0.4 is 5.73 Å². The van der Waals surface area contributed by atoms with Gasteiger partial charge in [0.2, 0.25) is 0 Å². The first-order chi connectivity index (χ1) is 7.02. The number of nitrogens with two attached hydrogens (primary N) is 1. The number of hydrogen-bond donors (Lipinski definition) is 2. The summed E-state index contributed by atoms with van der Waals surface area (Å²) >= 11 is 3.98. The molecule has 0 aliphatic heterocycles. The van der Waals surface area contributed by atoms with Crippen LogP contribution in [-0.2, 0) is 9.53 Å². The summed E-state index contributed by atoms with van der Waals surface area (Å²) < 4.78 is 5.37. The van der Waals surface area contributed by atoms with Gasteiger partial charge in [-0.05, 0) is 31.1 Å². The van der Waals surface area contributed by atoms with Crippen molar-refractivity contribution in [3.8, 4) is 0 Å². The maximum Gasteiger partial charge on any atom is 0.324 e. The van der Waals surface area contributed by atoms with Crippen LogP contribution in [0.25, 0.3) is 0 Å². The molecule has 1 rings (SSSR count). The van der Waals surface area contributed by atoms with Gasteiger partial charge < -0.3 is 10.5 Å². The molecule has 15 heavy (non-hydrogen) atoms. The molecule has 3 atom stereocenters. The highest BCUT2D eigenvalue weighted by Gasteiger charge is 2.27. The molecule has 3 nitrogen and oxygen atoms in total. The maximum atomic E-state index is 11.5. The van der Waals surface area contributed by atoms with Crippen molar-refractivity contribution in [2.24, 2.45) is 17.6 Å². The van der Waals surface area contributed by atoms with E-state index < -0.39 is 6.04 Å². The first-order valence-corrected chi connectivity index (χ1v) is 6.23. The summed E-state index contributed by atoms with van der Waals surface area (Å²) in [6.45, 7) is 4.41. The molecule has 0 amide bonds. The molecule has 0 aromatic rings. The number of hydrogen-bond acceptors (Lipinski definition) is 4. The molecule has 0 saturated heterocycles. The van der Waals surface area contributed by atoms with E-state index in [9.17, 15) is 4.79 Å². The third-order valence-electron chi connectivity index (χ3n) is 2.92. The molecular formula is C11H21NO2S. The van der Waals surface area contributed by atoms with Gasteiger partial charge in [-0.1, -0.05) is 13.8 Å². The molecule has 1 aliphatic rings. The fourth-order valence-corrected chi connectivity index (χ4v) is 2.44. The Hall–Kier alpha value is -0.220. The molecule has 88 valence electrons. The van der Waals surface area contributed by atoms with Gasteiger partial charge in [0.25, 0.3) is 0 Å². The van der Waals surface area contributed by atoms with E-state index in [0.29, 0.717) is 17.6 Å². The van der Waals surface area contributed by atoms with Crippen LogP contribution in [0.4, 0.5) is 0 Å². The van der Waals surface area contributed by atoms with Gasteiger partial charge >= 0.3 is 5.97 Å². The Kier molecular flexibility index (Phi) is 4.93. The molecule has 1 saturated carbocycles. The zero-order chi connectivity index (χ0) is 11.4. The lowest BCUT2D eigenvalue weighted by Crippen LogP contribution is -2.38. The highest BCUT2D eigenvalue weighted by Crippen LogP contribution is 2.30. The van der Waals surface area contributed by atoms with Gasteiger partial charge in [0, 0.05) is 5.75 Å². The van der Waals surface area contributed by atoms with Crippen LogP contribution >= 0.6 is 12.6 Å². The molecule has 1 fully saturated rings. The number of rotatable bonds is 3. The molecule has 4 heteroatoms. The largest absolute Gasteiger partial charge is 0.461 e. The highest BCUT2D eigenvalue weighted by molar-refractivity contribution is 7.80. The molecule has 0 bridgehead atoms. The Bertz CT molecular complexity index is 213. The van der Waals surface area contributed by atoms with Crippen LogP contribution in [0.15, 0.2) is 0 Å². The monoisotopic (exact) mass is 231 g/mol. The van der Waals surface area contributed by atoms with Crippen LogP contribution in [0.2, 0.25) is 0 Å². The average Bonchev–Trinajstić information content (AvgIpc) is 2.14. The molecule has 0 spiro atoms. The van der Waals surface area contributed by atoms with Crippen molar-refractivity contribution >= 4 is 18.6 Å². The summed E-state index contributed by atoms with van der Waals surface area (Å²) in [4.78, 5) is 11.5. The van der Waals surface area contributed by atoms with E-state index in [0.717, 1.165) is 12.8 Å². The average molecular weight is 231 g/mol. The van der Waals surface area contributed by atoms with Crippen LogP contribution in [0.1, 0.15) is 33.1 Å². The van der Waals surface area contributed by atoms with Crippen molar-refractivity contribution in [2.75, 3.05) is 5.75 Å². The summed E-state index contributed by atoms with van der Waals surface area (Å²) in [6, 6.07) is -0.583. The number of ether oxygens (including phenoxy) is 1. The van der Waals surface area contributed by atoms with Crippen LogP contribution in [0.3, 0.4) is 0 Å². The van der Waals surface area contributed by atoms with Crippen molar-refractivity contribution in [2.45, 2.75) is 45.3 Å². The van der Waals surface area contributed by atoms with Gasteiger partial charge in [-0.15, -0.1) is 0 Å². The molecule has 1 aliphatic carbocycles. The van der Waals surface area contributed by atoms with Crippen LogP contribution in [0, 0.1) is 11.8 Å². The Labute approximate surface area is 97.2 Å². The fraction of sp³-hybridized carbons (Fsp3) is 0.909. The minimum atomic E-state index is -0.583. The van der Waals surface area contributed by atoms with Crippen molar-refractivity contribution in [1.82, 2.24) is 0 Å². The predicted octanol–water partition coefficient (Wildman–Crippen LogP) is 1.61. The standard InChI is InChI=1S/C11H21NO2S/c1-7-3-8(2)5-9(4-7)14-11(13)10(12)6-15/h7-10,15H,3-6,12H2,1-2H3. The molecule has 0 heterocycles. The van der Waals surface area contributed by atoms with Crippen molar-refractivity contribution in [3.05, 3.63) is 0 Å². The van der Waals surface area contributed by atoms with E-state index >= 15 is 0 Å². The summed E-state index contributed by atoms with van der Waals surface area (Å²) in [6.07, 6.45) is 3.22. The number of thiol groups is 1. The van der Waals surface area contributed by atoms with Gasteiger partial charge in [0.15, 0.2) is 0 Å². The summed E-state index contributed by atoms with van der Waals surface area (Å²) in [7, 11) is 0. The van der Waals surface area contributed by atoms with E-state index in [4.69, 9.17) is 10.5 Å². The van der Waals surface area contributed by atoms with Crippen LogP contribution in [-0.4, -0.2) is 23.9 Å². The second-order valence-electron chi connectivity index (χ2n) is 4.77. The fourth-order valence-electron chi connectivity index (χ4n) is 2.30. The number of esters is 1. The number of carbonyl (C=O) groups is 1. The molecule has 2 N–H and O–H groups in total. The summed E-state index contributed by atoms with van der Waals surface area (Å²) in [5, 5.41) is 0. The zero-order valence-electron chi connectivity index (χ0n) is 9.48. The topological polar surface area (TPSA) is 52.3 Å². The summed E-state index contributed by atoms with van der Waals surface area (Å²) in [5.41, 5.74) is 5.55. The van der Waals surface area contributed by atoms with E-state index in [-0.39, 0.29) is 12.1 Å². The van der Waals surface area contributed by atoms with Crippen molar-refractivity contribution in [1.29, 1.82) is 0 Å². The van der Waals surface area contributed by atoms with Crippen molar-refractivity contribution < 1.29 is 9.53 Å². The Morgan fingerprint density at radius 1 is 1.40 bits per heavy atom. The quantitative estimate of drug-likeness (QED) is 0.573. The normalized spacial score (nSPS) is 33.5. The lowest BCUT2D eigenvalue weighted by atomic mass is 9.82. The van der Waals surface area contributed by atoms with Gasteiger partial charge in [-0.3, -0.25) is 4.79 Å². The second kappa shape index (κ2) is 5.75. The predicted molar refractivity (Wildman–Crippen MR) is 63.9 cm³/mol. The second-order valence-corrected chi connectivity index (χ2v) is 5.13. The SMILES string of the molecule is CC1CC(C)CC(OC(=O)C(N)CS)C1. The summed E-state index contributed by atoms with van der Waals surface area (Å²) in [5.74, 6) is 1.31. The Balaban J connectivity index is 2.40. The maximum absolute atomic E-state index is 11.5. The minimum Gasteiger partial charge on any atom is -0.461 e. The van der Waals surface area contributed by atoms with E-state index in [1.54, 1.807) is 0 Å². The van der Waals surface area contributed by atoms with Gasteiger partial charge in [-0.25, -0.2) is 0 Å². The van der Waals surface area contributed by atoms with E-state index in [2.05, 4.69) is 26.5 Å². The van der Waals surface area contributed by atoms with E-state index in [1.807, 2.05) is 0 Å². The first-order valence-electron chi connectivity index (χ1n) is 5.59. The molecular weight excluding hydrogens is 210 g/mol. The number of carbonyl (C=O) groups excluding carboxylic acids is 1. The minimum absolute atomic E-state index is 0.0576. The third-order valence-corrected chi connectivity index (χ3v) is 3.31. The lowest BCUT2D eigenvalue weighted by molar-refractivity contribution is -0.153. The Morgan fingerprint density at radius 2 is 1.93 bits per heavy atom. The van der Waals surface area contributed by atoms with E-state index in [1.165, 1.54) is 6.42 Å². The molecule has 0 radical (unpaired) electrons. The highest BCUT2D eigenvalue weighted by atomic mass is 32.1. The van der Waals surface area contributed by atoms with Gasteiger partial charge in [0.05, 0.1) is 0 Å². The zero-order valence-corrected chi connectivity index (χ0v) is 10.4. The Morgan fingerprint density at radius 3 is 2.40 bits per heavy atom. The van der Waals surface area contributed by atoms with Crippen molar-refractivity contribution in [3.63, 3.8) is 0 Å². The first kappa shape index (κ1) is 12.8. The van der Waals surface area contributed by atoms with Crippen LogP contribution in [0.5, 0.6) is 0 Å². The van der Waals surface area contributed by atoms with Gasteiger partial charge in [-0.2, -0.15) is 12.6 Å². The molecule has 0 aromatic carbocycles. The van der Waals surface area contributed by atoms with Gasteiger partial charge in [0.1, 0.15) is 12.1 Å². The lowest BCUT2D eigenvalue weighted by Gasteiger charge is -2.31. The third kappa shape index (κ3) is 4.03.